The van der Waals surface area contributed by atoms with Crippen molar-refractivity contribution in [2.45, 2.75) is 40.0 Å². The van der Waals surface area contributed by atoms with E-state index in [1.807, 2.05) is 13.0 Å². The first kappa shape index (κ1) is 25.0. The Hall–Kier alpha value is -3.02. The van der Waals surface area contributed by atoms with Crippen LogP contribution in [-0.4, -0.2) is 25.2 Å². The molecule has 0 aromatic heterocycles. The Balaban J connectivity index is 0.000000300. The fourth-order valence-corrected chi connectivity index (χ4v) is 2.58. The van der Waals surface area contributed by atoms with Crippen molar-refractivity contribution in [3.63, 3.8) is 0 Å². The Morgan fingerprint density at radius 3 is 2.13 bits per heavy atom. The van der Waals surface area contributed by atoms with E-state index in [1.54, 1.807) is 39.0 Å². The zero-order valence-corrected chi connectivity index (χ0v) is 17.8. The molecule has 2 aromatic carbocycles. The summed E-state index contributed by atoms with van der Waals surface area (Å²) in [5.41, 5.74) is 2.19. The summed E-state index contributed by atoms with van der Waals surface area (Å²) in [4.78, 5) is 22.3. The van der Waals surface area contributed by atoms with E-state index in [9.17, 15) is 18.4 Å². The van der Waals surface area contributed by atoms with Crippen LogP contribution in [0.3, 0.4) is 0 Å². The van der Waals surface area contributed by atoms with Gasteiger partial charge in [0.25, 0.3) is 0 Å². The lowest BCUT2D eigenvalue weighted by atomic mass is 9.98. The molecule has 0 fully saturated rings. The summed E-state index contributed by atoms with van der Waals surface area (Å²) in [5.74, 6) is -1.25. The van der Waals surface area contributed by atoms with E-state index < -0.39 is 5.97 Å². The number of hydrogen-bond donors (Lipinski definition) is 0. The van der Waals surface area contributed by atoms with Crippen LogP contribution in [0.25, 0.3) is 5.57 Å². The van der Waals surface area contributed by atoms with Crippen LogP contribution in [0.15, 0.2) is 54.6 Å². The summed E-state index contributed by atoms with van der Waals surface area (Å²) in [5, 5.41) is 0. The Labute approximate surface area is 176 Å². The second kappa shape index (κ2) is 13.2. The molecule has 6 heteroatoms. The van der Waals surface area contributed by atoms with Crippen LogP contribution < -0.4 is 0 Å². The van der Waals surface area contributed by atoms with Crippen molar-refractivity contribution >= 4 is 17.5 Å². The number of carbonyl (C=O) groups is 2. The lowest BCUT2D eigenvalue weighted by Gasteiger charge is -2.10. The summed E-state index contributed by atoms with van der Waals surface area (Å²) in [6, 6.07) is 12.4. The van der Waals surface area contributed by atoms with Gasteiger partial charge in [-0.25, -0.2) is 13.6 Å². The molecule has 0 amide bonds. The third kappa shape index (κ3) is 9.45. The van der Waals surface area contributed by atoms with E-state index in [1.165, 1.54) is 30.3 Å². The van der Waals surface area contributed by atoms with Gasteiger partial charge in [-0.05, 0) is 67.7 Å². The van der Waals surface area contributed by atoms with Crippen molar-refractivity contribution in [1.82, 2.24) is 0 Å². The van der Waals surface area contributed by atoms with Gasteiger partial charge >= 0.3 is 11.9 Å². The molecular weight excluding hydrogens is 390 g/mol. The highest BCUT2D eigenvalue weighted by atomic mass is 19.1. The summed E-state index contributed by atoms with van der Waals surface area (Å²) in [6.07, 6.45) is 1.65. The quantitative estimate of drug-likeness (QED) is 0.429. The average Bonchev–Trinajstić information content (AvgIpc) is 2.68. The van der Waals surface area contributed by atoms with Gasteiger partial charge in [0.2, 0.25) is 0 Å². The molecule has 0 heterocycles. The third-order valence-electron chi connectivity index (χ3n) is 4.10. The third-order valence-corrected chi connectivity index (χ3v) is 4.10. The maximum Gasteiger partial charge on any atom is 0.331 e. The average molecular weight is 418 g/mol. The minimum absolute atomic E-state index is 0.0141. The number of rotatable bonds is 7. The number of halogens is 2. The number of benzene rings is 2. The molecule has 30 heavy (non-hydrogen) atoms. The van der Waals surface area contributed by atoms with Crippen molar-refractivity contribution in [2.24, 2.45) is 0 Å². The topological polar surface area (TPSA) is 52.6 Å². The number of carbonyl (C=O) groups excluding carboxylic acids is 2. The molecule has 0 spiro atoms. The summed E-state index contributed by atoms with van der Waals surface area (Å²) < 4.78 is 35.4. The predicted molar refractivity (Wildman–Crippen MR) is 113 cm³/mol. The molecule has 1 unspecified atom stereocenters. The van der Waals surface area contributed by atoms with E-state index in [0.29, 0.717) is 24.4 Å². The highest BCUT2D eigenvalue weighted by Crippen LogP contribution is 2.20. The number of hydrogen-bond acceptors (Lipinski definition) is 4. The molecule has 0 saturated carbocycles. The minimum atomic E-state index is -0.403. The van der Waals surface area contributed by atoms with Gasteiger partial charge in [0.15, 0.2) is 0 Å². The lowest BCUT2D eigenvalue weighted by molar-refractivity contribution is -0.143. The van der Waals surface area contributed by atoms with Crippen LogP contribution >= 0.6 is 0 Å². The largest absolute Gasteiger partial charge is 0.466 e. The van der Waals surface area contributed by atoms with Crippen LogP contribution in [0.1, 0.15) is 51.2 Å². The maximum atomic E-state index is 12.9. The Kier molecular flexibility index (Phi) is 11.0. The van der Waals surface area contributed by atoms with Gasteiger partial charge in [-0.15, -0.1) is 0 Å². The number of ether oxygens (including phenoxy) is 2. The SMILES string of the molecule is CCOC(=O)/C=C(\C)c1cccc(F)c1.CCOC(=O)CC(C)c1cccc(F)c1. The lowest BCUT2D eigenvalue weighted by Crippen LogP contribution is -2.08. The molecule has 2 rings (SSSR count). The van der Waals surface area contributed by atoms with Gasteiger partial charge in [-0.2, -0.15) is 0 Å². The fraction of sp³-hybridized carbons (Fsp3) is 0.333. The normalized spacial score (nSPS) is 11.7. The van der Waals surface area contributed by atoms with Gasteiger partial charge in [-0.3, -0.25) is 4.79 Å². The van der Waals surface area contributed by atoms with E-state index >= 15 is 0 Å². The summed E-state index contributed by atoms with van der Waals surface area (Å²) in [7, 11) is 0. The smallest absolute Gasteiger partial charge is 0.331 e. The van der Waals surface area contributed by atoms with Crippen molar-refractivity contribution < 1.29 is 27.8 Å². The van der Waals surface area contributed by atoms with Crippen LogP contribution in [0, 0.1) is 11.6 Å². The molecular formula is C24H28F2O4. The monoisotopic (exact) mass is 418 g/mol. The molecule has 2 aromatic rings. The molecule has 0 bridgehead atoms. The van der Waals surface area contributed by atoms with E-state index in [0.717, 1.165) is 5.56 Å². The highest BCUT2D eigenvalue weighted by Gasteiger charge is 2.12. The van der Waals surface area contributed by atoms with Crippen LogP contribution in [0.2, 0.25) is 0 Å². The highest BCUT2D eigenvalue weighted by molar-refractivity contribution is 5.90. The molecule has 0 N–H and O–H groups in total. The number of esters is 2. The van der Waals surface area contributed by atoms with E-state index in [2.05, 4.69) is 0 Å². The van der Waals surface area contributed by atoms with Crippen molar-refractivity contribution in [2.75, 3.05) is 13.2 Å². The van der Waals surface area contributed by atoms with Gasteiger partial charge in [-0.1, -0.05) is 31.2 Å². The van der Waals surface area contributed by atoms with E-state index in [-0.39, 0.29) is 29.9 Å². The second-order valence-corrected chi connectivity index (χ2v) is 6.55. The fourth-order valence-electron chi connectivity index (χ4n) is 2.58. The summed E-state index contributed by atoms with van der Waals surface area (Å²) >= 11 is 0. The number of allylic oxidation sites excluding steroid dienone is 1. The molecule has 0 aliphatic heterocycles. The van der Waals surface area contributed by atoms with Gasteiger partial charge in [0, 0.05) is 6.08 Å². The summed E-state index contributed by atoms with van der Waals surface area (Å²) in [6.45, 7) is 7.85. The maximum absolute atomic E-state index is 12.9. The molecule has 0 saturated heterocycles. The van der Waals surface area contributed by atoms with Crippen LogP contribution in [0.5, 0.6) is 0 Å². The standard InChI is InChI=1S/C12H15FO2.C12H13FO2/c2*1-3-15-12(14)7-9(2)10-5-4-6-11(13)8-10/h4-6,8-9H,3,7H2,1-2H3;4-8H,3H2,1-2H3/b;9-7+. The Morgan fingerprint density at radius 2 is 1.57 bits per heavy atom. The second-order valence-electron chi connectivity index (χ2n) is 6.55. The van der Waals surface area contributed by atoms with E-state index in [4.69, 9.17) is 9.47 Å². The first-order valence-corrected chi connectivity index (χ1v) is 9.78. The molecule has 0 aliphatic carbocycles. The Morgan fingerprint density at radius 1 is 0.967 bits per heavy atom. The first-order chi connectivity index (χ1) is 14.3. The first-order valence-electron chi connectivity index (χ1n) is 9.78. The predicted octanol–water partition coefficient (Wildman–Crippen LogP) is 5.67. The molecule has 0 aliphatic rings. The zero-order chi connectivity index (χ0) is 22.5. The zero-order valence-electron chi connectivity index (χ0n) is 17.8. The van der Waals surface area contributed by atoms with Crippen LogP contribution in [-0.2, 0) is 19.1 Å². The van der Waals surface area contributed by atoms with Crippen molar-refractivity contribution in [3.05, 3.63) is 77.4 Å². The molecule has 0 radical (unpaired) electrons. The van der Waals surface area contributed by atoms with Crippen molar-refractivity contribution in [3.8, 4) is 0 Å². The molecule has 1 atom stereocenters. The van der Waals surface area contributed by atoms with Gasteiger partial charge in [0.05, 0.1) is 19.6 Å². The minimum Gasteiger partial charge on any atom is -0.466 e. The van der Waals surface area contributed by atoms with Gasteiger partial charge < -0.3 is 9.47 Å². The van der Waals surface area contributed by atoms with Crippen molar-refractivity contribution in [1.29, 1.82) is 0 Å². The molecule has 4 nitrogen and oxygen atoms in total. The van der Waals surface area contributed by atoms with Crippen LogP contribution in [0.4, 0.5) is 8.78 Å². The Bertz CT molecular complexity index is 862. The molecule has 162 valence electrons. The van der Waals surface area contributed by atoms with Gasteiger partial charge in [0.1, 0.15) is 11.6 Å².